The number of benzene rings is 2. The van der Waals surface area contributed by atoms with Gasteiger partial charge < -0.3 is 15.5 Å². The lowest BCUT2D eigenvalue weighted by molar-refractivity contribution is 0.0747. The van der Waals surface area contributed by atoms with Crippen LogP contribution in [0, 0.1) is 5.82 Å². The van der Waals surface area contributed by atoms with E-state index in [9.17, 15) is 9.18 Å². The number of hydrogen-bond acceptors (Lipinski definition) is 3. The normalized spacial score (nSPS) is 14.9. The van der Waals surface area contributed by atoms with Gasteiger partial charge in [0.25, 0.3) is 5.91 Å². The molecule has 0 spiro atoms. The molecule has 2 N–H and O–H groups in total. The van der Waals surface area contributed by atoms with Crippen LogP contribution in [0.4, 0.5) is 15.8 Å². The third kappa shape index (κ3) is 3.40. The van der Waals surface area contributed by atoms with Crippen molar-refractivity contribution in [3.63, 3.8) is 0 Å². The molecule has 4 nitrogen and oxygen atoms in total. The van der Waals surface area contributed by atoms with Gasteiger partial charge in [0.1, 0.15) is 5.82 Å². The third-order valence-electron chi connectivity index (χ3n) is 4.00. The van der Waals surface area contributed by atoms with Gasteiger partial charge in [-0.3, -0.25) is 4.79 Å². The molecule has 0 saturated carbocycles. The van der Waals surface area contributed by atoms with Crippen LogP contribution in [-0.4, -0.2) is 37.0 Å². The van der Waals surface area contributed by atoms with E-state index >= 15 is 0 Å². The van der Waals surface area contributed by atoms with Gasteiger partial charge in [-0.1, -0.05) is 11.6 Å². The summed E-state index contributed by atoms with van der Waals surface area (Å²) >= 11 is 5.89. The zero-order chi connectivity index (χ0) is 16.4. The standard InChI is InChI=1S/C17H17ClFN3O/c18-15-6-1-12(11-16(15)20)17(23)22-9-7-21(8-10-22)14-4-2-13(19)3-5-14/h1-6,11H,7-10,20H2. The minimum Gasteiger partial charge on any atom is -0.398 e. The maximum Gasteiger partial charge on any atom is 0.254 e. The maximum atomic E-state index is 13.0. The number of nitrogens with zero attached hydrogens (tertiary/aromatic N) is 2. The number of nitrogens with two attached hydrogens (primary N) is 1. The van der Waals surface area contributed by atoms with Crippen molar-refractivity contribution >= 4 is 28.9 Å². The molecule has 120 valence electrons. The molecule has 1 saturated heterocycles. The van der Waals surface area contributed by atoms with E-state index in [1.54, 1.807) is 35.2 Å². The fourth-order valence-electron chi connectivity index (χ4n) is 2.68. The van der Waals surface area contributed by atoms with Crippen LogP contribution in [0.3, 0.4) is 0 Å². The van der Waals surface area contributed by atoms with Gasteiger partial charge >= 0.3 is 0 Å². The summed E-state index contributed by atoms with van der Waals surface area (Å²) in [7, 11) is 0. The van der Waals surface area contributed by atoms with Gasteiger partial charge in [-0.25, -0.2) is 4.39 Å². The molecule has 1 fully saturated rings. The fraction of sp³-hybridized carbons (Fsp3) is 0.235. The van der Waals surface area contributed by atoms with Crippen molar-refractivity contribution in [2.45, 2.75) is 0 Å². The molecule has 6 heteroatoms. The monoisotopic (exact) mass is 333 g/mol. The Labute approximate surface area is 139 Å². The Hall–Kier alpha value is -2.27. The van der Waals surface area contributed by atoms with Crippen LogP contribution in [0.2, 0.25) is 5.02 Å². The van der Waals surface area contributed by atoms with Crippen LogP contribution in [0.1, 0.15) is 10.4 Å². The summed E-state index contributed by atoms with van der Waals surface area (Å²) in [5, 5.41) is 0.447. The zero-order valence-electron chi connectivity index (χ0n) is 12.5. The molecule has 2 aromatic rings. The molecule has 0 radical (unpaired) electrons. The largest absolute Gasteiger partial charge is 0.398 e. The van der Waals surface area contributed by atoms with Crippen LogP contribution < -0.4 is 10.6 Å². The molecule has 0 unspecified atom stereocenters. The lowest BCUT2D eigenvalue weighted by Crippen LogP contribution is -2.48. The van der Waals surface area contributed by atoms with Gasteiger partial charge in [0, 0.05) is 37.4 Å². The predicted octanol–water partition coefficient (Wildman–Crippen LogP) is 3.02. The number of piperazine rings is 1. The SMILES string of the molecule is Nc1cc(C(=O)N2CCN(c3ccc(F)cc3)CC2)ccc1Cl. The predicted molar refractivity (Wildman–Crippen MR) is 90.4 cm³/mol. The van der Waals surface area contributed by atoms with Crippen molar-refractivity contribution in [3.05, 3.63) is 58.9 Å². The number of amides is 1. The molecule has 23 heavy (non-hydrogen) atoms. The maximum absolute atomic E-state index is 13.0. The van der Waals surface area contributed by atoms with E-state index in [0.717, 1.165) is 5.69 Å². The van der Waals surface area contributed by atoms with Gasteiger partial charge in [0.2, 0.25) is 0 Å². The van der Waals surface area contributed by atoms with E-state index in [0.29, 0.717) is 42.5 Å². The topological polar surface area (TPSA) is 49.6 Å². The van der Waals surface area contributed by atoms with Crippen molar-refractivity contribution in [1.82, 2.24) is 4.90 Å². The van der Waals surface area contributed by atoms with Crippen LogP contribution in [0.25, 0.3) is 0 Å². The second-order valence-corrected chi connectivity index (χ2v) is 5.90. The molecule has 0 atom stereocenters. The Morgan fingerprint density at radius 3 is 2.30 bits per heavy atom. The number of nitrogen functional groups attached to an aromatic ring is 1. The van der Waals surface area contributed by atoms with E-state index < -0.39 is 0 Å². The van der Waals surface area contributed by atoms with E-state index in [4.69, 9.17) is 17.3 Å². The molecular weight excluding hydrogens is 317 g/mol. The van der Waals surface area contributed by atoms with E-state index in [2.05, 4.69) is 4.90 Å². The lowest BCUT2D eigenvalue weighted by Gasteiger charge is -2.36. The van der Waals surface area contributed by atoms with Gasteiger partial charge in [-0.05, 0) is 42.5 Å². The fourth-order valence-corrected chi connectivity index (χ4v) is 2.80. The first-order valence-corrected chi connectivity index (χ1v) is 7.77. The smallest absolute Gasteiger partial charge is 0.254 e. The molecule has 1 aliphatic rings. The summed E-state index contributed by atoms with van der Waals surface area (Å²) in [6.07, 6.45) is 0. The average molecular weight is 334 g/mol. The van der Waals surface area contributed by atoms with Crippen molar-refractivity contribution < 1.29 is 9.18 Å². The number of halogens is 2. The zero-order valence-corrected chi connectivity index (χ0v) is 13.3. The number of carbonyl (C=O) groups is 1. The molecular formula is C17H17ClFN3O. The molecule has 1 heterocycles. The van der Waals surface area contributed by atoms with Gasteiger partial charge in [0.05, 0.1) is 10.7 Å². The second-order valence-electron chi connectivity index (χ2n) is 5.49. The summed E-state index contributed by atoms with van der Waals surface area (Å²) in [4.78, 5) is 16.4. The Kier molecular flexibility index (Phi) is 4.39. The highest BCUT2D eigenvalue weighted by molar-refractivity contribution is 6.33. The summed E-state index contributed by atoms with van der Waals surface area (Å²) in [5.74, 6) is -0.296. The summed E-state index contributed by atoms with van der Waals surface area (Å²) < 4.78 is 13.0. The summed E-state index contributed by atoms with van der Waals surface area (Å²) in [6, 6.07) is 11.3. The molecule has 3 rings (SSSR count). The van der Waals surface area contributed by atoms with Crippen LogP contribution in [0.15, 0.2) is 42.5 Å². The summed E-state index contributed by atoms with van der Waals surface area (Å²) in [5.41, 5.74) is 7.67. The van der Waals surface area contributed by atoms with Crippen LogP contribution in [0.5, 0.6) is 0 Å². The molecule has 0 bridgehead atoms. The van der Waals surface area contributed by atoms with Gasteiger partial charge in [-0.2, -0.15) is 0 Å². The van der Waals surface area contributed by atoms with E-state index in [1.165, 1.54) is 12.1 Å². The first-order chi connectivity index (χ1) is 11.0. The lowest BCUT2D eigenvalue weighted by atomic mass is 10.1. The first-order valence-electron chi connectivity index (χ1n) is 7.39. The van der Waals surface area contributed by atoms with Crippen molar-refractivity contribution in [3.8, 4) is 0 Å². The first kappa shape index (κ1) is 15.6. The van der Waals surface area contributed by atoms with Crippen LogP contribution >= 0.6 is 11.6 Å². The number of hydrogen-bond donors (Lipinski definition) is 1. The highest BCUT2D eigenvalue weighted by atomic mass is 35.5. The second kappa shape index (κ2) is 6.46. The molecule has 1 aliphatic heterocycles. The quantitative estimate of drug-likeness (QED) is 0.859. The third-order valence-corrected chi connectivity index (χ3v) is 4.35. The molecule has 2 aromatic carbocycles. The number of rotatable bonds is 2. The van der Waals surface area contributed by atoms with Crippen molar-refractivity contribution in [2.75, 3.05) is 36.8 Å². The van der Waals surface area contributed by atoms with E-state index in [-0.39, 0.29) is 11.7 Å². The molecule has 0 aliphatic carbocycles. The Bertz CT molecular complexity index is 712. The van der Waals surface area contributed by atoms with Crippen molar-refractivity contribution in [1.29, 1.82) is 0 Å². The average Bonchev–Trinajstić information content (AvgIpc) is 2.57. The molecule has 1 amide bonds. The molecule has 0 aromatic heterocycles. The minimum absolute atomic E-state index is 0.0490. The highest BCUT2D eigenvalue weighted by Crippen LogP contribution is 2.22. The highest BCUT2D eigenvalue weighted by Gasteiger charge is 2.22. The Balaban J connectivity index is 1.65. The Morgan fingerprint density at radius 1 is 1.04 bits per heavy atom. The van der Waals surface area contributed by atoms with Gasteiger partial charge in [-0.15, -0.1) is 0 Å². The number of anilines is 2. The minimum atomic E-state index is -0.247. The number of carbonyl (C=O) groups excluding carboxylic acids is 1. The van der Waals surface area contributed by atoms with Crippen LogP contribution in [-0.2, 0) is 0 Å². The van der Waals surface area contributed by atoms with Gasteiger partial charge in [0.15, 0.2) is 0 Å². The summed E-state index contributed by atoms with van der Waals surface area (Å²) in [6.45, 7) is 2.64. The van der Waals surface area contributed by atoms with Crippen molar-refractivity contribution in [2.24, 2.45) is 0 Å². The Morgan fingerprint density at radius 2 is 1.70 bits per heavy atom. The van der Waals surface area contributed by atoms with E-state index in [1.807, 2.05) is 0 Å².